The van der Waals surface area contributed by atoms with Crippen molar-refractivity contribution in [3.63, 3.8) is 0 Å². The minimum Gasteiger partial charge on any atom is -0.344 e. The van der Waals surface area contributed by atoms with Crippen molar-refractivity contribution in [2.24, 2.45) is 0 Å². The lowest BCUT2D eigenvalue weighted by Gasteiger charge is -0.837. The summed E-state index contributed by atoms with van der Waals surface area (Å²) in [5.74, 6) is 0. The van der Waals surface area contributed by atoms with Crippen molar-refractivity contribution < 1.29 is 4.79 Å². The number of hydrogen-bond donors (Lipinski definition) is 2. The molecule has 0 spiro atoms. The van der Waals surface area contributed by atoms with Crippen molar-refractivity contribution in [2.75, 3.05) is 0 Å². The van der Waals surface area contributed by atoms with Crippen molar-refractivity contribution in [1.29, 1.82) is 0 Å². The van der Waals surface area contributed by atoms with Gasteiger partial charge in [-0.3, -0.25) is 0 Å². The van der Waals surface area contributed by atoms with E-state index in [9.17, 15) is 0 Å². The van der Waals surface area contributed by atoms with E-state index >= 15 is 0 Å². The van der Waals surface area contributed by atoms with Crippen LogP contribution < -0.4 is 12.3 Å². The zero-order valence-electron chi connectivity index (χ0n) is 2.53. The minimum absolute atomic E-state index is 0. The molecule has 3 nitrogen and oxygen atoms in total. The van der Waals surface area contributed by atoms with E-state index < -0.39 is 0 Å². The van der Waals surface area contributed by atoms with Crippen LogP contribution in [0.15, 0.2) is 0 Å². The van der Waals surface area contributed by atoms with Crippen LogP contribution in [0, 0.1) is 0 Å². The van der Waals surface area contributed by atoms with Gasteiger partial charge in [0.05, 0.1) is 0 Å². The van der Waals surface area contributed by atoms with Crippen LogP contribution in [0.3, 0.4) is 0 Å². The molecule has 0 atom stereocenters. The number of carbonyl (C=O) groups excluding carboxylic acids is 1. The summed E-state index contributed by atoms with van der Waals surface area (Å²) >= 11 is 0. The molecule has 0 amide bonds. The zero-order valence-corrected chi connectivity index (χ0v) is 2.53. The van der Waals surface area contributed by atoms with Crippen molar-refractivity contribution in [3.8, 4) is 0 Å². The molecular formula is CH8N2O. The van der Waals surface area contributed by atoms with E-state index in [0.717, 1.165) is 0 Å². The molecule has 6 N–H and O–H groups in total. The molecule has 0 radical (unpaired) electrons. The van der Waals surface area contributed by atoms with Crippen LogP contribution in [0.5, 0.6) is 0 Å². The maximum Gasteiger partial charge on any atom is 0.106 e. The molecule has 0 aromatic carbocycles. The highest BCUT2D eigenvalue weighted by Gasteiger charge is 0.636. The molecule has 0 aromatic rings. The fraction of sp³-hybridized carbons (Fsp3) is 0. The molecule has 3 heteroatoms. The van der Waals surface area contributed by atoms with E-state index in [1.807, 2.05) is 6.79 Å². The predicted molar refractivity (Wildman–Crippen MR) is 17.2 cm³/mol. The largest absolute Gasteiger partial charge is 0.344 e. The predicted octanol–water partition coefficient (Wildman–Crippen LogP) is 0.139. The first-order valence-corrected chi connectivity index (χ1v) is 0.289. The van der Waals surface area contributed by atoms with Crippen LogP contribution >= 0.6 is 0 Å². The van der Waals surface area contributed by atoms with E-state index in [1.165, 1.54) is 0 Å². The number of hydrogen-bond acceptors (Lipinski definition) is 3. The van der Waals surface area contributed by atoms with Crippen molar-refractivity contribution in [3.05, 3.63) is 0 Å². The Morgan fingerprint density at radius 2 is 1.00 bits per heavy atom. The van der Waals surface area contributed by atoms with Crippen LogP contribution in [-0.4, -0.2) is 6.79 Å². The van der Waals surface area contributed by atoms with E-state index in [4.69, 9.17) is 4.79 Å². The Kier molecular flexibility index (Phi) is 674. The van der Waals surface area contributed by atoms with Crippen LogP contribution in [0.25, 0.3) is 0 Å². The molecule has 0 aliphatic carbocycles. The summed E-state index contributed by atoms with van der Waals surface area (Å²) in [6.45, 7) is 2.00. The summed E-state index contributed by atoms with van der Waals surface area (Å²) in [6.07, 6.45) is 0. The van der Waals surface area contributed by atoms with Gasteiger partial charge in [0.2, 0.25) is 0 Å². The fourth-order valence-corrected chi connectivity index (χ4v) is 0. The van der Waals surface area contributed by atoms with Crippen LogP contribution in [-0.2, 0) is 4.79 Å². The Hall–Kier alpha value is -0.410. The van der Waals surface area contributed by atoms with E-state index in [1.54, 1.807) is 0 Å². The normalized spacial score (nSPS) is 1.00. The van der Waals surface area contributed by atoms with Crippen LogP contribution in [0.1, 0.15) is 0 Å². The number of rotatable bonds is 0. The monoisotopic (exact) mass is 64.1 g/mol. The van der Waals surface area contributed by atoms with E-state index in [-0.39, 0.29) is 12.3 Å². The van der Waals surface area contributed by atoms with Crippen molar-refractivity contribution >= 4 is 6.79 Å². The average Bonchev–Trinajstić information content (AvgIpc) is 1.00. The van der Waals surface area contributed by atoms with Gasteiger partial charge in [-0.05, 0) is 0 Å². The van der Waals surface area contributed by atoms with Gasteiger partial charge in [0, 0.05) is 0 Å². The lowest BCUT2D eigenvalue weighted by atomic mass is 11.9. The Bertz CT molecular complexity index is 6.00. The van der Waals surface area contributed by atoms with E-state index in [0.29, 0.717) is 0 Å². The zero-order chi connectivity index (χ0) is 2.00. The maximum atomic E-state index is 8.00. The molecule has 0 fully saturated rings. The molecule has 4 heavy (non-hydrogen) atoms. The van der Waals surface area contributed by atoms with Gasteiger partial charge >= 0.3 is 0 Å². The standard InChI is InChI=1S/CH2O.2H3N/c1-2;;/h1H2;2*1H3. The Morgan fingerprint density at radius 1 is 1.00 bits per heavy atom. The minimum atomic E-state index is 0. The first-order valence-electron chi connectivity index (χ1n) is 0.289. The molecule has 28 valence electrons. The van der Waals surface area contributed by atoms with E-state index in [2.05, 4.69) is 0 Å². The van der Waals surface area contributed by atoms with Gasteiger partial charge in [-0.1, -0.05) is 0 Å². The highest BCUT2D eigenvalue weighted by atomic mass is 16.1. The Labute approximate surface area is 25.2 Å². The summed E-state index contributed by atoms with van der Waals surface area (Å²) in [5, 5.41) is 0. The molecule has 0 bridgehead atoms. The third kappa shape index (κ3) is 3.29. The summed E-state index contributed by atoms with van der Waals surface area (Å²) in [4.78, 5) is 8.00. The van der Waals surface area contributed by atoms with Crippen molar-refractivity contribution in [1.82, 2.24) is 12.3 Å². The second kappa shape index (κ2) is 39.0. The third-order valence-corrected chi connectivity index (χ3v) is 0. The highest BCUT2D eigenvalue weighted by molar-refractivity contribution is 5.10. The molecule has 0 saturated carbocycles. The second-order valence-electron chi connectivity index (χ2n) is 0. The summed E-state index contributed by atoms with van der Waals surface area (Å²) < 4.78 is 0. The van der Waals surface area contributed by atoms with Gasteiger partial charge < -0.3 is 17.1 Å². The second-order valence-corrected chi connectivity index (χ2v) is 0. The Morgan fingerprint density at radius 3 is 1.00 bits per heavy atom. The average molecular weight is 64.1 g/mol. The smallest absolute Gasteiger partial charge is 0.106 e. The molecule has 0 saturated heterocycles. The van der Waals surface area contributed by atoms with Crippen molar-refractivity contribution in [2.45, 2.75) is 0 Å². The van der Waals surface area contributed by atoms with Crippen LogP contribution in [0.2, 0.25) is 0 Å². The van der Waals surface area contributed by atoms with Gasteiger partial charge in [0.15, 0.2) is 0 Å². The maximum absolute atomic E-state index is 8.00. The molecule has 0 aliphatic heterocycles. The quantitative estimate of drug-likeness (QED) is 0.420. The SMILES string of the molecule is C=O.N.N. The molecule has 0 heterocycles. The Balaban J connectivity index is -0.00000000500. The highest BCUT2D eigenvalue weighted by Crippen LogP contribution is 0.494. The van der Waals surface area contributed by atoms with Gasteiger partial charge in [0.1, 0.15) is 6.79 Å². The van der Waals surface area contributed by atoms with Gasteiger partial charge in [-0.15, -0.1) is 0 Å². The molecule has 0 unspecified atom stereocenters. The molecule has 0 rings (SSSR count). The first kappa shape index (κ1) is 69.2. The topological polar surface area (TPSA) is 87.1 Å². The third-order valence-electron chi connectivity index (χ3n) is 0. The molecule has 0 aromatic heterocycles. The lowest BCUT2D eigenvalue weighted by molar-refractivity contribution is -0.0979. The van der Waals surface area contributed by atoms with Gasteiger partial charge in [-0.2, -0.15) is 0 Å². The molecule has 0 aliphatic rings. The first-order chi connectivity index (χ1) is 1.00. The summed E-state index contributed by atoms with van der Waals surface area (Å²) in [7, 11) is 0. The fourth-order valence-electron chi connectivity index (χ4n) is 0. The molecular weight excluding hydrogens is 56.0 g/mol. The summed E-state index contributed by atoms with van der Waals surface area (Å²) in [6, 6.07) is 0. The lowest BCUT2D eigenvalue weighted by Crippen LogP contribution is -0.925. The summed E-state index contributed by atoms with van der Waals surface area (Å²) in [5.41, 5.74) is 0. The van der Waals surface area contributed by atoms with Crippen LogP contribution in [0.4, 0.5) is 0 Å². The van der Waals surface area contributed by atoms with Gasteiger partial charge in [0.25, 0.3) is 0 Å². The van der Waals surface area contributed by atoms with Gasteiger partial charge in [-0.25, -0.2) is 0 Å². The number of carbonyl (C=O) groups is 1.